The Morgan fingerprint density at radius 2 is 1.88 bits per heavy atom. The molecule has 136 valence electrons. The molecule has 3 aliphatic rings. The van der Waals surface area contributed by atoms with Gasteiger partial charge in [-0.05, 0) is 30.9 Å². The van der Waals surface area contributed by atoms with Crippen LogP contribution in [0.2, 0.25) is 0 Å². The highest BCUT2D eigenvalue weighted by Gasteiger charge is 2.57. The molecule has 1 saturated heterocycles. The highest BCUT2D eigenvalue weighted by atomic mass is 16.6. The average molecular weight is 348 g/mol. The van der Waals surface area contributed by atoms with E-state index in [0.717, 1.165) is 24.0 Å². The molecular weight excluding hydrogens is 324 g/mol. The third kappa shape index (κ3) is 2.77. The summed E-state index contributed by atoms with van der Waals surface area (Å²) in [6, 6.07) is 0. The van der Waals surface area contributed by atoms with Gasteiger partial charge in [0.2, 0.25) is 0 Å². The van der Waals surface area contributed by atoms with Gasteiger partial charge in [-0.15, -0.1) is 0 Å². The number of hydrogen-bond acceptors (Lipinski definition) is 6. The fourth-order valence-electron chi connectivity index (χ4n) is 4.64. The monoisotopic (exact) mass is 348 g/mol. The van der Waals surface area contributed by atoms with E-state index in [2.05, 4.69) is 6.58 Å². The lowest BCUT2D eigenvalue weighted by Crippen LogP contribution is -2.51. The second-order valence-electron chi connectivity index (χ2n) is 7.44. The normalized spacial score (nSPS) is 37.1. The van der Waals surface area contributed by atoms with E-state index in [1.54, 1.807) is 0 Å². The Bertz CT molecular complexity index is 690. The SMILES string of the molecule is C=C1C(=O)OC2C3=C(C)C(OC(C)=O)CC(OC(C)=O)C3(C)CCC12. The minimum Gasteiger partial charge on any atom is -0.461 e. The lowest BCUT2D eigenvalue weighted by Gasteiger charge is -2.50. The molecule has 2 fully saturated rings. The van der Waals surface area contributed by atoms with Crippen molar-refractivity contribution in [3.05, 3.63) is 23.3 Å². The van der Waals surface area contributed by atoms with Crippen molar-refractivity contribution in [2.24, 2.45) is 11.3 Å². The third-order valence-corrected chi connectivity index (χ3v) is 5.85. The fourth-order valence-corrected chi connectivity index (χ4v) is 4.64. The van der Waals surface area contributed by atoms with E-state index in [1.165, 1.54) is 13.8 Å². The van der Waals surface area contributed by atoms with Crippen molar-refractivity contribution >= 4 is 17.9 Å². The van der Waals surface area contributed by atoms with Gasteiger partial charge in [0.1, 0.15) is 18.3 Å². The molecule has 0 amide bonds. The van der Waals surface area contributed by atoms with Gasteiger partial charge >= 0.3 is 17.9 Å². The molecule has 6 nitrogen and oxygen atoms in total. The Morgan fingerprint density at radius 1 is 1.24 bits per heavy atom. The summed E-state index contributed by atoms with van der Waals surface area (Å²) >= 11 is 0. The van der Waals surface area contributed by atoms with Crippen LogP contribution in [0, 0.1) is 11.3 Å². The number of fused-ring (bicyclic) bond motifs is 3. The van der Waals surface area contributed by atoms with E-state index < -0.39 is 29.7 Å². The van der Waals surface area contributed by atoms with Crippen LogP contribution >= 0.6 is 0 Å². The first-order chi connectivity index (χ1) is 11.6. The average Bonchev–Trinajstić information content (AvgIpc) is 2.78. The van der Waals surface area contributed by atoms with Crippen LogP contribution in [0.25, 0.3) is 0 Å². The Kier molecular flexibility index (Phi) is 4.25. The van der Waals surface area contributed by atoms with E-state index in [1.807, 2.05) is 13.8 Å². The molecule has 5 unspecified atom stereocenters. The van der Waals surface area contributed by atoms with Crippen LogP contribution < -0.4 is 0 Å². The maximum atomic E-state index is 12.0. The summed E-state index contributed by atoms with van der Waals surface area (Å²) in [6.45, 7) is 10.5. The Balaban J connectivity index is 2.08. The predicted molar refractivity (Wildman–Crippen MR) is 88.3 cm³/mol. The van der Waals surface area contributed by atoms with Gasteiger partial charge in [-0.1, -0.05) is 13.5 Å². The van der Waals surface area contributed by atoms with E-state index in [4.69, 9.17) is 14.2 Å². The first-order valence-electron chi connectivity index (χ1n) is 8.60. The summed E-state index contributed by atoms with van der Waals surface area (Å²) in [5, 5.41) is 0. The predicted octanol–water partition coefficient (Wildman–Crippen LogP) is 2.47. The second kappa shape index (κ2) is 6.00. The van der Waals surface area contributed by atoms with Crippen LogP contribution in [0.5, 0.6) is 0 Å². The number of carbonyl (C=O) groups is 3. The summed E-state index contributed by atoms with van der Waals surface area (Å²) in [4.78, 5) is 35.2. The number of hydrogen-bond donors (Lipinski definition) is 0. The van der Waals surface area contributed by atoms with Gasteiger partial charge in [-0.25, -0.2) is 4.79 Å². The first kappa shape index (κ1) is 17.7. The molecule has 0 spiro atoms. The summed E-state index contributed by atoms with van der Waals surface area (Å²) in [6.07, 6.45) is 0.574. The van der Waals surface area contributed by atoms with Crippen molar-refractivity contribution in [2.45, 2.75) is 65.3 Å². The fraction of sp³-hybridized carbons (Fsp3) is 0.632. The quantitative estimate of drug-likeness (QED) is 0.330. The van der Waals surface area contributed by atoms with Gasteiger partial charge < -0.3 is 14.2 Å². The molecule has 0 N–H and O–H groups in total. The largest absolute Gasteiger partial charge is 0.461 e. The van der Waals surface area contributed by atoms with Gasteiger partial charge in [-0.2, -0.15) is 0 Å². The van der Waals surface area contributed by atoms with Crippen LogP contribution in [0.1, 0.15) is 47.0 Å². The molecule has 1 heterocycles. The van der Waals surface area contributed by atoms with Crippen molar-refractivity contribution in [3.63, 3.8) is 0 Å². The van der Waals surface area contributed by atoms with Crippen molar-refractivity contribution in [3.8, 4) is 0 Å². The molecule has 3 rings (SSSR count). The molecule has 0 aromatic rings. The summed E-state index contributed by atoms with van der Waals surface area (Å²) in [5.41, 5.74) is 1.85. The Labute approximate surface area is 147 Å². The van der Waals surface area contributed by atoms with Crippen molar-refractivity contribution < 1.29 is 28.6 Å². The minimum atomic E-state index is -0.490. The van der Waals surface area contributed by atoms with Crippen molar-refractivity contribution in [1.29, 1.82) is 0 Å². The molecule has 1 saturated carbocycles. The first-order valence-corrected chi connectivity index (χ1v) is 8.60. The minimum absolute atomic E-state index is 0.0698. The lowest BCUT2D eigenvalue weighted by molar-refractivity contribution is -0.162. The van der Waals surface area contributed by atoms with Crippen molar-refractivity contribution in [2.75, 3.05) is 0 Å². The van der Waals surface area contributed by atoms with E-state index in [-0.39, 0.29) is 17.9 Å². The van der Waals surface area contributed by atoms with Crippen LogP contribution in [0.15, 0.2) is 23.3 Å². The topological polar surface area (TPSA) is 78.9 Å². The van der Waals surface area contributed by atoms with Crippen LogP contribution in [0.4, 0.5) is 0 Å². The van der Waals surface area contributed by atoms with Crippen LogP contribution in [-0.2, 0) is 28.6 Å². The standard InChI is InChI=1S/C19H24O6/c1-9-13-6-7-19(5)15(24-12(4)21)8-14(23-11(3)20)10(2)16(19)17(13)25-18(9)22/h13-15,17H,1,6-8H2,2-5H3. The zero-order valence-electron chi connectivity index (χ0n) is 15.1. The number of rotatable bonds is 2. The van der Waals surface area contributed by atoms with Gasteiger partial charge in [0.25, 0.3) is 0 Å². The van der Waals surface area contributed by atoms with Gasteiger partial charge in [-0.3, -0.25) is 9.59 Å². The lowest BCUT2D eigenvalue weighted by atomic mass is 9.58. The zero-order chi connectivity index (χ0) is 18.5. The molecule has 0 aromatic carbocycles. The zero-order valence-corrected chi connectivity index (χ0v) is 15.1. The van der Waals surface area contributed by atoms with E-state index in [0.29, 0.717) is 12.0 Å². The smallest absolute Gasteiger partial charge is 0.334 e. The summed E-state index contributed by atoms with van der Waals surface area (Å²) in [5.74, 6) is -1.21. The van der Waals surface area contributed by atoms with Crippen LogP contribution in [0.3, 0.4) is 0 Å². The third-order valence-electron chi connectivity index (χ3n) is 5.85. The van der Waals surface area contributed by atoms with Gasteiger partial charge in [0, 0.05) is 37.2 Å². The van der Waals surface area contributed by atoms with E-state index in [9.17, 15) is 14.4 Å². The number of carbonyl (C=O) groups excluding carboxylic acids is 3. The Morgan fingerprint density at radius 3 is 2.48 bits per heavy atom. The summed E-state index contributed by atoms with van der Waals surface area (Å²) < 4.78 is 16.7. The molecule has 0 aromatic heterocycles. The van der Waals surface area contributed by atoms with E-state index >= 15 is 0 Å². The highest BCUT2D eigenvalue weighted by Crippen LogP contribution is 2.56. The molecule has 1 aliphatic heterocycles. The summed E-state index contributed by atoms with van der Waals surface area (Å²) in [7, 11) is 0. The number of ether oxygens (including phenoxy) is 3. The van der Waals surface area contributed by atoms with Crippen molar-refractivity contribution in [1.82, 2.24) is 0 Å². The van der Waals surface area contributed by atoms with Gasteiger partial charge in [0.15, 0.2) is 0 Å². The molecular formula is C19H24O6. The molecule has 2 aliphatic carbocycles. The molecule has 6 heteroatoms. The molecule has 0 bridgehead atoms. The maximum absolute atomic E-state index is 12.0. The Hall–Kier alpha value is -2.11. The highest BCUT2D eigenvalue weighted by molar-refractivity contribution is 5.91. The molecule has 5 atom stereocenters. The maximum Gasteiger partial charge on any atom is 0.334 e. The molecule has 0 radical (unpaired) electrons. The molecule has 25 heavy (non-hydrogen) atoms. The number of esters is 3. The van der Waals surface area contributed by atoms with Crippen LogP contribution in [-0.4, -0.2) is 36.2 Å². The second-order valence-corrected chi connectivity index (χ2v) is 7.44. The van der Waals surface area contributed by atoms with Gasteiger partial charge in [0.05, 0.1) is 0 Å².